The largest absolute Gasteiger partial charge is 0.328 e. The summed E-state index contributed by atoms with van der Waals surface area (Å²) in [5.41, 5.74) is 0. The van der Waals surface area contributed by atoms with Crippen molar-refractivity contribution in [2.24, 2.45) is 0 Å². The highest BCUT2D eigenvalue weighted by Crippen LogP contribution is 2.14. The normalized spacial score (nSPS) is 13.7. The first kappa shape index (κ1) is 6.20. The third-order valence-corrected chi connectivity index (χ3v) is 0.354. The lowest BCUT2D eigenvalue weighted by Gasteiger charge is -1.56. The van der Waals surface area contributed by atoms with Crippen LogP contribution in [0.15, 0.2) is 0 Å². The van der Waals surface area contributed by atoms with Crippen molar-refractivity contribution >= 4 is 0 Å². The Labute approximate surface area is 40.9 Å². The Balaban J connectivity index is 0.000000105. The van der Waals surface area contributed by atoms with Crippen LogP contribution in [0.4, 0.5) is 0 Å². The Kier molecular flexibility index (Phi) is 3.00. The summed E-state index contributed by atoms with van der Waals surface area (Å²) in [5.74, 6) is 0. The Hall–Kier alpha value is -0.800. The zero-order valence-electron chi connectivity index (χ0n) is 3.83. The maximum atomic E-state index is 8.36. The topological polar surface area (TPSA) is 63.4 Å². The Morgan fingerprint density at radius 1 is 1.43 bits per heavy atom. The Bertz CT molecular complexity index is 54.4. The highest BCUT2D eigenvalue weighted by Gasteiger charge is 1.95. The van der Waals surface area contributed by atoms with E-state index >= 15 is 0 Å². The van der Waals surface area contributed by atoms with E-state index in [1.807, 2.05) is 0 Å². The van der Waals surface area contributed by atoms with Gasteiger partial charge >= 0.3 is 0 Å². The molecular formula is C3H7NO3. The average Bonchev–Trinajstić information content (AvgIpc) is 2.02. The number of nitrogens with zero attached hydrogens (tertiary/aromatic N) is 1. The van der Waals surface area contributed by atoms with Crippen LogP contribution >= 0.6 is 0 Å². The van der Waals surface area contributed by atoms with Gasteiger partial charge in [0.15, 0.2) is 0 Å². The van der Waals surface area contributed by atoms with Gasteiger partial charge in [-0.2, -0.15) is 0 Å². The van der Waals surface area contributed by atoms with Gasteiger partial charge in [-0.25, -0.2) is 0 Å². The first-order chi connectivity index (χ1) is 3.23. The first-order valence-electron chi connectivity index (χ1n) is 2.07. The molecule has 0 bridgehead atoms. The second-order valence-electron chi connectivity index (χ2n) is 1.30. The van der Waals surface area contributed by atoms with E-state index in [9.17, 15) is 0 Å². The molecule has 1 rings (SSSR count). The first-order valence-corrected chi connectivity index (χ1v) is 2.07. The van der Waals surface area contributed by atoms with Crippen LogP contribution in [0.1, 0.15) is 19.3 Å². The van der Waals surface area contributed by atoms with Crippen molar-refractivity contribution in [3.05, 3.63) is 10.1 Å². The number of rotatable bonds is 0. The van der Waals surface area contributed by atoms with Crippen molar-refractivity contribution < 1.29 is 10.3 Å². The molecule has 0 atom stereocenters. The molecule has 4 nitrogen and oxygen atoms in total. The summed E-state index contributed by atoms with van der Waals surface area (Å²) >= 11 is 0. The average molecular weight is 105 g/mol. The fourth-order valence-corrected chi connectivity index (χ4v) is 0. The van der Waals surface area contributed by atoms with Gasteiger partial charge in [-0.1, -0.05) is 19.3 Å². The molecule has 0 radical (unpaired) electrons. The Morgan fingerprint density at radius 2 is 1.57 bits per heavy atom. The van der Waals surface area contributed by atoms with Gasteiger partial charge in [0.05, 0.1) is 0 Å². The van der Waals surface area contributed by atoms with E-state index in [2.05, 4.69) is 0 Å². The Morgan fingerprint density at radius 3 is 1.57 bits per heavy atom. The van der Waals surface area contributed by atoms with E-state index in [0.717, 1.165) is 0 Å². The maximum absolute atomic E-state index is 8.36. The summed E-state index contributed by atoms with van der Waals surface area (Å²) in [7, 11) is 0. The van der Waals surface area contributed by atoms with Crippen LogP contribution < -0.4 is 0 Å². The van der Waals surface area contributed by atoms with E-state index in [0.29, 0.717) is 0 Å². The summed E-state index contributed by atoms with van der Waals surface area (Å²) < 4.78 is 0. The van der Waals surface area contributed by atoms with Crippen LogP contribution in [0, 0.1) is 10.1 Å². The van der Waals surface area contributed by atoms with E-state index in [4.69, 9.17) is 15.3 Å². The van der Waals surface area contributed by atoms with Crippen LogP contribution in [-0.4, -0.2) is 10.3 Å². The third kappa shape index (κ3) is 1330. The second-order valence-corrected chi connectivity index (χ2v) is 1.30. The molecule has 42 valence electrons. The number of hydrogen-bond acceptors (Lipinski definition) is 2. The third-order valence-electron chi connectivity index (χ3n) is 0.354. The van der Waals surface area contributed by atoms with Crippen molar-refractivity contribution in [2.75, 3.05) is 0 Å². The van der Waals surface area contributed by atoms with Gasteiger partial charge in [0, 0.05) is 0 Å². The molecule has 1 aliphatic rings. The summed E-state index contributed by atoms with van der Waals surface area (Å²) in [6.45, 7) is 0. The minimum atomic E-state index is -1.50. The van der Waals surface area contributed by atoms with Gasteiger partial charge in [0.25, 0.3) is 5.09 Å². The van der Waals surface area contributed by atoms with Gasteiger partial charge in [-0.05, 0) is 0 Å². The lowest BCUT2D eigenvalue weighted by molar-refractivity contribution is -0.742. The van der Waals surface area contributed by atoms with Gasteiger partial charge in [-0.3, -0.25) is 0 Å². The number of hydrogen-bond donors (Lipinski definition) is 1. The summed E-state index contributed by atoms with van der Waals surface area (Å²) in [6, 6.07) is 0. The highest BCUT2D eigenvalue weighted by atomic mass is 16.9. The smallest absolute Gasteiger partial charge is 0.291 e. The lowest BCUT2D eigenvalue weighted by atomic mass is 11.0. The molecule has 0 aromatic rings. The van der Waals surface area contributed by atoms with Crippen LogP contribution in [0.3, 0.4) is 0 Å². The molecule has 0 heterocycles. The van der Waals surface area contributed by atoms with E-state index < -0.39 is 5.09 Å². The monoisotopic (exact) mass is 105 g/mol. The minimum absolute atomic E-state index is 1.50. The summed E-state index contributed by atoms with van der Waals surface area (Å²) in [4.78, 5) is 8.36. The molecule has 7 heavy (non-hydrogen) atoms. The molecule has 0 unspecified atom stereocenters. The van der Waals surface area contributed by atoms with Crippen molar-refractivity contribution in [1.82, 2.24) is 0 Å². The van der Waals surface area contributed by atoms with Gasteiger partial charge < -0.3 is 5.21 Å². The lowest BCUT2D eigenvalue weighted by Crippen LogP contribution is -1.81. The van der Waals surface area contributed by atoms with E-state index in [-0.39, 0.29) is 0 Å². The van der Waals surface area contributed by atoms with Crippen molar-refractivity contribution in [3.8, 4) is 0 Å². The van der Waals surface area contributed by atoms with Gasteiger partial charge in [-0.15, -0.1) is 10.1 Å². The predicted octanol–water partition coefficient (Wildman–Crippen LogP) is 0.823. The molecular weight excluding hydrogens is 98.0 g/mol. The fourth-order valence-electron chi connectivity index (χ4n) is 0. The van der Waals surface area contributed by atoms with Crippen LogP contribution in [-0.2, 0) is 0 Å². The molecule has 1 N–H and O–H groups in total. The summed E-state index contributed by atoms with van der Waals surface area (Å²) in [6.07, 6.45) is 4.50. The fraction of sp³-hybridized carbons (Fsp3) is 1.00. The van der Waals surface area contributed by atoms with Crippen molar-refractivity contribution in [3.63, 3.8) is 0 Å². The molecule has 4 heteroatoms. The molecule has 0 aliphatic heterocycles. The summed E-state index contributed by atoms with van der Waals surface area (Å²) in [5, 5.41) is 13.6. The SMILES string of the molecule is C1CC1.O=[N+]([O-])O. The molecule has 1 fully saturated rings. The highest BCUT2D eigenvalue weighted by molar-refractivity contribution is 4.50. The van der Waals surface area contributed by atoms with Crippen LogP contribution in [0.25, 0.3) is 0 Å². The van der Waals surface area contributed by atoms with Crippen molar-refractivity contribution in [1.29, 1.82) is 0 Å². The van der Waals surface area contributed by atoms with Crippen LogP contribution in [0.5, 0.6) is 0 Å². The molecule has 0 spiro atoms. The second kappa shape index (κ2) is 3.39. The van der Waals surface area contributed by atoms with Gasteiger partial charge in [0.1, 0.15) is 0 Å². The molecule has 0 aromatic carbocycles. The van der Waals surface area contributed by atoms with E-state index in [1.165, 1.54) is 19.3 Å². The standard InChI is InChI=1S/C3H6.HNO3/c1-2-3-1;2-1(3)4/h1-3H2;(H,2,3,4). The van der Waals surface area contributed by atoms with Gasteiger partial charge in [0.2, 0.25) is 0 Å². The van der Waals surface area contributed by atoms with E-state index in [1.54, 1.807) is 0 Å². The minimum Gasteiger partial charge on any atom is -0.328 e. The zero-order chi connectivity index (χ0) is 5.70. The molecule has 0 amide bonds. The maximum Gasteiger partial charge on any atom is 0.291 e. The molecule has 1 saturated carbocycles. The zero-order valence-corrected chi connectivity index (χ0v) is 3.83. The molecule has 0 aromatic heterocycles. The molecule has 0 saturated heterocycles. The van der Waals surface area contributed by atoms with Crippen LogP contribution in [0.2, 0.25) is 0 Å². The predicted molar refractivity (Wildman–Crippen MR) is 22.6 cm³/mol. The quantitative estimate of drug-likeness (QED) is 0.366. The molecule has 1 aliphatic carbocycles. The van der Waals surface area contributed by atoms with Crippen molar-refractivity contribution in [2.45, 2.75) is 19.3 Å².